The molecule has 2 nitrogen and oxygen atoms in total. The van der Waals surface area contributed by atoms with Crippen molar-refractivity contribution in [3.05, 3.63) is 37.0 Å². The van der Waals surface area contributed by atoms with Crippen LogP contribution in [0.3, 0.4) is 0 Å². The van der Waals surface area contributed by atoms with E-state index >= 15 is 0 Å². The van der Waals surface area contributed by atoms with Crippen LogP contribution < -0.4 is 0 Å². The molecule has 0 saturated heterocycles. The Hall–Kier alpha value is -1.31. The fourth-order valence-corrected chi connectivity index (χ4v) is 1.91. The SMILES string of the molecule is C=C/C=C/CC1C=CCCC1C(=O)OC. The van der Waals surface area contributed by atoms with E-state index in [2.05, 4.69) is 18.7 Å². The van der Waals surface area contributed by atoms with Crippen molar-refractivity contribution >= 4 is 5.97 Å². The molecule has 0 fully saturated rings. The maximum absolute atomic E-state index is 11.5. The van der Waals surface area contributed by atoms with Crippen LogP contribution in [0, 0.1) is 11.8 Å². The standard InChI is InChI=1S/C13H18O2/c1-3-4-5-8-11-9-6-7-10-12(11)13(14)15-2/h3-6,9,11-12H,1,7-8,10H2,2H3/b5-4+. The van der Waals surface area contributed by atoms with Crippen molar-refractivity contribution in [1.29, 1.82) is 0 Å². The quantitative estimate of drug-likeness (QED) is 0.401. The minimum Gasteiger partial charge on any atom is -0.469 e. The zero-order valence-corrected chi connectivity index (χ0v) is 9.19. The monoisotopic (exact) mass is 206 g/mol. The lowest BCUT2D eigenvalue weighted by atomic mass is 9.82. The van der Waals surface area contributed by atoms with Crippen molar-refractivity contribution < 1.29 is 9.53 Å². The second-order valence-corrected chi connectivity index (χ2v) is 3.70. The fraction of sp³-hybridized carbons (Fsp3) is 0.462. The molecule has 1 aliphatic carbocycles. The van der Waals surface area contributed by atoms with Gasteiger partial charge in [-0.1, -0.05) is 37.0 Å². The maximum Gasteiger partial charge on any atom is 0.309 e. The minimum absolute atomic E-state index is 0.0227. The van der Waals surface area contributed by atoms with Gasteiger partial charge in [-0.25, -0.2) is 0 Å². The van der Waals surface area contributed by atoms with Gasteiger partial charge in [0.15, 0.2) is 0 Å². The van der Waals surface area contributed by atoms with Gasteiger partial charge in [-0.05, 0) is 25.2 Å². The number of esters is 1. The minimum atomic E-state index is -0.0867. The summed E-state index contributed by atoms with van der Waals surface area (Å²) in [7, 11) is 1.46. The summed E-state index contributed by atoms with van der Waals surface area (Å²) in [4.78, 5) is 11.5. The Morgan fingerprint density at radius 1 is 1.67 bits per heavy atom. The highest BCUT2D eigenvalue weighted by Gasteiger charge is 2.27. The van der Waals surface area contributed by atoms with Crippen LogP contribution in [0.25, 0.3) is 0 Å². The molecular weight excluding hydrogens is 188 g/mol. The zero-order chi connectivity index (χ0) is 11.1. The Morgan fingerprint density at radius 3 is 3.13 bits per heavy atom. The molecule has 0 aliphatic heterocycles. The van der Waals surface area contributed by atoms with Crippen molar-refractivity contribution in [3.63, 3.8) is 0 Å². The molecule has 15 heavy (non-hydrogen) atoms. The molecule has 2 unspecified atom stereocenters. The van der Waals surface area contributed by atoms with E-state index in [1.54, 1.807) is 6.08 Å². The van der Waals surface area contributed by atoms with E-state index in [1.807, 2.05) is 12.2 Å². The molecule has 0 radical (unpaired) electrons. The molecule has 0 amide bonds. The van der Waals surface area contributed by atoms with Gasteiger partial charge in [0, 0.05) is 0 Å². The molecule has 0 heterocycles. The van der Waals surface area contributed by atoms with Gasteiger partial charge in [0.1, 0.15) is 0 Å². The predicted octanol–water partition coefficient (Wildman–Crippen LogP) is 2.87. The van der Waals surface area contributed by atoms with E-state index in [0.29, 0.717) is 0 Å². The lowest BCUT2D eigenvalue weighted by Gasteiger charge is -2.24. The van der Waals surface area contributed by atoms with E-state index in [4.69, 9.17) is 4.74 Å². The Balaban J connectivity index is 2.60. The molecule has 0 N–H and O–H groups in total. The smallest absolute Gasteiger partial charge is 0.309 e. The van der Waals surface area contributed by atoms with E-state index in [9.17, 15) is 4.79 Å². The molecule has 0 spiro atoms. The summed E-state index contributed by atoms with van der Waals surface area (Å²) in [5.41, 5.74) is 0. The van der Waals surface area contributed by atoms with Gasteiger partial charge in [0.25, 0.3) is 0 Å². The molecule has 1 aliphatic rings. The molecule has 82 valence electrons. The Bertz CT molecular complexity index is 276. The van der Waals surface area contributed by atoms with E-state index in [0.717, 1.165) is 19.3 Å². The van der Waals surface area contributed by atoms with Gasteiger partial charge in [-0.2, -0.15) is 0 Å². The topological polar surface area (TPSA) is 26.3 Å². The second-order valence-electron chi connectivity index (χ2n) is 3.70. The number of carbonyl (C=O) groups excluding carboxylic acids is 1. The lowest BCUT2D eigenvalue weighted by Crippen LogP contribution is -2.25. The third kappa shape index (κ3) is 3.39. The van der Waals surface area contributed by atoms with Crippen LogP contribution in [0.4, 0.5) is 0 Å². The number of methoxy groups -OCH3 is 1. The van der Waals surface area contributed by atoms with Crippen LogP contribution in [0.5, 0.6) is 0 Å². The normalized spacial score (nSPS) is 25.4. The summed E-state index contributed by atoms with van der Waals surface area (Å²) in [5, 5.41) is 0. The van der Waals surface area contributed by atoms with Crippen LogP contribution in [-0.2, 0) is 9.53 Å². The number of allylic oxidation sites excluding steroid dienone is 5. The summed E-state index contributed by atoms with van der Waals surface area (Å²) in [6, 6.07) is 0. The molecule has 0 saturated carbocycles. The highest BCUT2D eigenvalue weighted by Crippen LogP contribution is 2.28. The van der Waals surface area contributed by atoms with Gasteiger partial charge < -0.3 is 4.74 Å². The Kier molecular flexibility index (Phi) is 4.88. The van der Waals surface area contributed by atoms with Crippen LogP contribution >= 0.6 is 0 Å². The highest BCUT2D eigenvalue weighted by molar-refractivity contribution is 5.73. The van der Waals surface area contributed by atoms with Crippen LogP contribution in [0.15, 0.2) is 37.0 Å². The van der Waals surface area contributed by atoms with Crippen LogP contribution in [-0.4, -0.2) is 13.1 Å². The van der Waals surface area contributed by atoms with Crippen molar-refractivity contribution in [2.24, 2.45) is 11.8 Å². The highest BCUT2D eigenvalue weighted by atomic mass is 16.5. The summed E-state index contributed by atoms with van der Waals surface area (Å²) < 4.78 is 4.81. The molecule has 0 aromatic heterocycles. The van der Waals surface area contributed by atoms with Crippen molar-refractivity contribution in [1.82, 2.24) is 0 Å². The Morgan fingerprint density at radius 2 is 2.47 bits per heavy atom. The maximum atomic E-state index is 11.5. The first-order chi connectivity index (χ1) is 7.29. The van der Waals surface area contributed by atoms with Gasteiger partial charge in [0.05, 0.1) is 13.0 Å². The third-order valence-corrected chi connectivity index (χ3v) is 2.73. The summed E-state index contributed by atoms with van der Waals surface area (Å²) in [6.07, 6.45) is 12.7. The molecule has 2 heteroatoms. The van der Waals surface area contributed by atoms with Crippen molar-refractivity contribution in [2.75, 3.05) is 7.11 Å². The first-order valence-corrected chi connectivity index (χ1v) is 5.31. The first kappa shape index (κ1) is 11.8. The van der Waals surface area contributed by atoms with Gasteiger partial charge in [-0.3, -0.25) is 4.79 Å². The largest absolute Gasteiger partial charge is 0.469 e. The third-order valence-electron chi connectivity index (χ3n) is 2.73. The fourth-order valence-electron chi connectivity index (χ4n) is 1.91. The number of hydrogen-bond donors (Lipinski definition) is 0. The molecule has 0 aromatic rings. The zero-order valence-electron chi connectivity index (χ0n) is 9.19. The molecule has 1 rings (SSSR count). The lowest BCUT2D eigenvalue weighted by molar-refractivity contribution is -0.147. The van der Waals surface area contributed by atoms with E-state index < -0.39 is 0 Å². The number of ether oxygens (including phenoxy) is 1. The number of hydrogen-bond acceptors (Lipinski definition) is 2. The molecule has 0 aromatic carbocycles. The average molecular weight is 206 g/mol. The second kappa shape index (κ2) is 6.23. The van der Waals surface area contributed by atoms with Crippen LogP contribution in [0.1, 0.15) is 19.3 Å². The number of carbonyl (C=O) groups is 1. The van der Waals surface area contributed by atoms with Gasteiger partial charge >= 0.3 is 5.97 Å². The van der Waals surface area contributed by atoms with E-state index in [1.165, 1.54) is 7.11 Å². The molecular formula is C13H18O2. The van der Waals surface area contributed by atoms with Gasteiger partial charge in [0.2, 0.25) is 0 Å². The Labute approximate surface area is 91.3 Å². The van der Waals surface area contributed by atoms with Gasteiger partial charge in [-0.15, -0.1) is 0 Å². The summed E-state index contributed by atoms with van der Waals surface area (Å²) in [5.74, 6) is 0.216. The van der Waals surface area contributed by atoms with Crippen molar-refractivity contribution in [2.45, 2.75) is 19.3 Å². The summed E-state index contributed by atoms with van der Waals surface area (Å²) >= 11 is 0. The number of rotatable bonds is 4. The first-order valence-electron chi connectivity index (χ1n) is 5.31. The van der Waals surface area contributed by atoms with E-state index in [-0.39, 0.29) is 17.8 Å². The summed E-state index contributed by atoms with van der Waals surface area (Å²) in [6.45, 7) is 3.62. The molecule has 0 bridgehead atoms. The molecule has 2 atom stereocenters. The predicted molar refractivity (Wildman–Crippen MR) is 61.3 cm³/mol. The van der Waals surface area contributed by atoms with Crippen molar-refractivity contribution in [3.8, 4) is 0 Å². The average Bonchev–Trinajstić information content (AvgIpc) is 2.29. The van der Waals surface area contributed by atoms with Crippen LogP contribution in [0.2, 0.25) is 0 Å².